The molecule has 0 bridgehead atoms. The van der Waals surface area contributed by atoms with Crippen molar-refractivity contribution in [2.75, 3.05) is 11.9 Å². The van der Waals surface area contributed by atoms with E-state index in [-0.39, 0.29) is 18.0 Å². The van der Waals surface area contributed by atoms with Crippen molar-refractivity contribution in [2.45, 2.75) is 0 Å². The molecule has 64 valence electrons. The molecule has 1 aliphatic rings. The number of amides is 1. The molecule has 3 nitrogen and oxygen atoms in total. The Hall–Kier alpha value is -1.52. The zero-order valence-corrected chi connectivity index (χ0v) is 6.63. The number of halogens is 1. The number of fused-ring (bicyclic) bond motifs is 1. The summed E-state index contributed by atoms with van der Waals surface area (Å²) in [6.07, 6.45) is 0. The van der Waals surface area contributed by atoms with Gasteiger partial charge < -0.3 is 10.1 Å². The predicted octanol–water partition coefficient (Wildman–Crippen LogP) is -0.0496. The second-order valence-corrected chi connectivity index (χ2v) is 2.71. The van der Waals surface area contributed by atoms with E-state index in [2.05, 4.69) is 5.32 Å². The van der Waals surface area contributed by atoms with Gasteiger partial charge in [-0.05, 0) is 6.07 Å². The van der Waals surface area contributed by atoms with Crippen LogP contribution in [-0.4, -0.2) is 20.4 Å². The summed E-state index contributed by atoms with van der Waals surface area (Å²) < 4.78 is 17.9. The normalized spacial score (nSPS) is 14.4. The molecule has 0 saturated carbocycles. The summed E-state index contributed by atoms with van der Waals surface area (Å²) in [5.41, 5.74) is 0.403. The summed E-state index contributed by atoms with van der Waals surface area (Å²) in [4.78, 5) is 10.9. The second kappa shape index (κ2) is 2.76. The monoisotopic (exact) mass is 177 g/mol. The summed E-state index contributed by atoms with van der Waals surface area (Å²) in [6.45, 7) is -0.0869. The lowest BCUT2D eigenvalue weighted by Gasteiger charge is -2.18. The van der Waals surface area contributed by atoms with Gasteiger partial charge >= 0.3 is 0 Å². The van der Waals surface area contributed by atoms with E-state index < -0.39 is 5.82 Å². The molecule has 0 saturated heterocycles. The lowest BCUT2D eigenvalue weighted by atomic mass is 9.94. The van der Waals surface area contributed by atoms with E-state index in [1.54, 1.807) is 0 Å². The first-order chi connectivity index (χ1) is 6.16. The van der Waals surface area contributed by atoms with Crippen molar-refractivity contribution in [3.63, 3.8) is 0 Å². The van der Waals surface area contributed by atoms with Gasteiger partial charge in [0.2, 0.25) is 0 Å². The highest BCUT2D eigenvalue weighted by Crippen LogP contribution is 2.26. The van der Waals surface area contributed by atoms with Crippen LogP contribution in [0.1, 0.15) is 0 Å². The number of anilines is 1. The zero-order chi connectivity index (χ0) is 9.42. The minimum Gasteiger partial charge on any atom is -0.481 e. The largest absolute Gasteiger partial charge is 0.481 e. The van der Waals surface area contributed by atoms with Gasteiger partial charge in [0.25, 0.3) is 5.91 Å². The fourth-order valence-corrected chi connectivity index (χ4v) is 1.12. The SMILES string of the molecule is [B]c1cc2c(cc1F)OCC(=O)N2. The van der Waals surface area contributed by atoms with Gasteiger partial charge in [-0.25, -0.2) is 4.39 Å². The first-order valence-electron chi connectivity index (χ1n) is 3.68. The topological polar surface area (TPSA) is 38.3 Å². The number of rotatable bonds is 0. The van der Waals surface area contributed by atoms with Crippen LogP contribution in [0.15, 0.2) is 12.1 Å². The van der Waals surface area contributed by atoms with Crippen molar-refractivity contribution in [2.24, 2.45) is 0 Å². The van der Waals surface area contributed by atoms with Gasteiger partial charge in [-0.3, -0.25) is 4.79 Å². The smallest absolute Gasteiger partial charge is 0.262 e. The van der Waals surface area contributed by atoms with Gasteiger partial charge in [0.15, 0.2) is 6.61 Å². The summed E-state index contributed by atoms with van der Waals surface area (Å²) in [5.74, 6) is -0.500. The maximum absolute atomic E-state index is 12.9. The summed E-state index contributed by atoms with van der Waals surface area (Å²) in [6, 6.07) is 2.49. The number of benzene rings is 1. The van der Waals surface area contributed by atoms with Crippen LogP contribution in [0, 0.1) is 5.82 Å². The van der Waals surface area contributed by atoms with Crippen LogP contribution < -0.4 is 15.5 Å². The molecule has 0 atom stereocenters. The molecule has 5 heteroatoms. The van der Waals surface area contributed by atoms with E-state index in [0.717, 1.165) is 6.07 Å². The summed E-state index contributed by atoms with van der Waals surface area (Å²) in [5, 5.41) is 2.52. The van der Waals surface area contributed by atoms with Crippen LogP contribution in [0.3, 0.4) is 0 Å². The van der Waals surface area contributed by atoms with Gasteiger partial charge in [-0.15, -0.1) is 0 Å². The predicted molar refractivity (Wildman–Crippen MR) is 45.9 cm³/mol. The zero-order valence-electron chi connectivity index (χ0n) is 6.63. The standard InChI is InChI=1S/C8H5BFNO2/c9-4-1-6-7(2-5(4)10)13-3-8(12)11-6/h1-2H,3H2,(H,11,12). The maximum atomic E-state index is 12.9. The lowest BCUT2D eigenvalue weighted by Crippen LogP contribution is -2.27. The summed E-state index contributed by atoms with van der Waals surface area (Å²) >= 11 is 0. The Morgan fingerprint density at radius 2 is 2.31 bits per heavy atom. The Morgan fingerprint density at radius 3 is 3.08 bits per heavy atom. The van der Waals surface area contributed by atoms with Crippen molar-refractivity contribution in [1.29, 1.82) is 0 Å². The molecule has 13 heavy (non-hydrogen) atoms. The fourth-order valence-electron chi connectivity index (χ4n) is 1.12. The van der Waals surface area contributed by atoms with Gasteiger partial charge in [0.05, 0.1) is 5.69 Å². The number of ether oxygens (including phenoxy) is 1. The average Bonchev–Trinajstić information content (AvgIpc) is 2.08. The van der Waals surface area contributed by atoms with Gasteiger partial charge in [0.1, 0.15) is 19.4 Å². The Balaban J connectivity index is 2.49. The second-order valence-electron chi connectivity index (χ2n) is 2.71. The van der Waals surface area contributed by atoms with Gasteiger partial charge in [-0.2, -0.15) is 0 Å². The quantitative estimate of drug-likeness (QED) is 0.564. The van der Waals surface area contributed by atoms with Crippen molar-refractivity contribution in [3.8, 4) is 5.75 Å². The molecule has 1 N–H and O–H groups in total. The first kappa shape index (κ1) is 8.10. The van der Waals surface area contributed by atoms with E-state index in [1.807, 2.05) is 0 Å². The van der Waals surface area contributed by atoms with E-state index >= 15 is 0 Å². The van der Waals surface area contributed by atoms with Crippen LogP contribution >= 0.6 is 0 Å². The number of hydrogen-bond acceptors (Lipinski definition) is 2. The van der Waals surface area contributed by atoms with Crippen molar-refractivity contribution >= 4 is 24.9 Å². The van der Waals surface area contributed by atoms with E-state index in [4.69, 9.17) is 12.6 Å². The molecule has 1 aromatic carbocycles. The molecule has 1 aromatic rings. The molecule has 0 aromatic heterocycles. The van der Waals surface area contributed by atoms with Crippen LogP contribution in [0.25, 0.3) is 0 Å². The fraction of sp³-hybridized carbons (Fsp3) is 0.125. The minimum atomic E-state index is -0.546. The van der Waals surface area contributed by atoms with E-state index in [0.29, 0.717) is 11.4 Å². The first-order valence-corrected chi connectivity index (χ1v) is 3.68. The number of carbonyl (C=O) groups is 1. The third-order valence-corrected chi connectivity index (χ3v) is 1.73. The van der Waals surface area contributed by atoms with Crippen LogP contribution in [0.2, 0.25) is 0 Å². The molecule has 2 rings (SSSR count). The number of nitrogens with one attached hydrogen (secondary N) is 1. The maximum Gasteiger partial charge on any atom is 0.262 e. The van der Waals surface area contributed by atoms with Gasteiger partial charge in [0, 0.05) is 6.07 Å². The van der Waals surface area contributed by atoms with Crippen molar-refractivity contribution < 1.29 is 13.9 Å². The van der Waals surface area contributed by atoms with Crippen LogP contribution in [0.4, 0.5) is 10.1 Å². The Morgan fingerprint density at radius 1 is 1.54 bits per heavy atom. The Bertz CT molecular complexity index is 381. The molecular weight excluding hydrogens is 172 g/mol. The van der Waals surface area contributed by atoms with E-state index in [9.17, 15) is 9.18 Å². The molecule has 1 aliphatic heterocycles. The highest BCUT2D eigenvalue weighted by atomic mass is 19.1. The Kier molecular flexibility index (Phi) is 1.72. The number of hydrogen-bond donors (Lipinski definition) is 1. The van der Waals surface area contributed by atoms with Crippen LogP contribution in [0.5, 0.6) is 5.75 Å². The molecule has 1 amide bonds. The van der Waals surface area contributed by atoms with Crippen molar-refractivity contribution in [1.82, 2.24) is 0 Å². The molecule has 0 fully saturated rings. The third-order valence-electron chi connectivity index (χ3n) is 1.73. The highest BCUT2D eigenvalue weighted by molar-refractivity contribution is 6.33. The molecule has 1 heterocycles. The lowest BCUT2D eigenvalue weighted by molar-refractivity contribution is -0.118. The highest BCUT2D eigenvalue weighted by Gasteiger charge is 2.16. The average molecular weight is 177 g/mol. The van der Waals surface area contributed by atoms with Gasteiger partial charge in [-0.1, -0.05) is 5.46 Å². The molecule has 0 aliphatic carbocycles. The Labute approximate surface area is 75.3 Å². The number of carbonyl (C=O) groups excluding carboxylic acids is 1. The van der Waals surface area contributed by atoms with Crippen LogP contribution in [-0.2, 0) is 4.79 Å². The summed E-state index contributed by atoms with van der Waals surface area (Å²) in [7, 11) is 5.31. The van der Waals surface area contributed by atoms with E-state index in [1.165, 1.54) is 6.07 Å². The molecule has 0 unspecified atom stereocenters. The third kappa shape index (κ3) is 1.37. The minimum absolute atomic E-state index is 0.00968. The molecule has 2 radical (unpaired) electrons. The molecule has 0 spiro atoms. The molecular formula is C8H5BFNO2. The van der Waals surface area contributed by atoms with Crippen molar-refractivity contribution in [3.05, 3.63) is 17.9 Å².